The van der Waals surface area contributed by atoms with Crippen LogP contribution in [0.2, 0.25) is 0 Å². The van der Waals surface area contributed by atoms with Crippen molar-refractivity contribution >= 4 is 27.6 Å². The van der Waals surface area contributed by atoms with Crippen molar-refractivity contribution in [2.45, 2.75) is 6.92 Å². The van der Waals surface area contributed by atoms with Gasteiger partial charge in [0.2, 0.25) is 0 Å². The normalized spacial score (nSPS) is 10.2. The van der Waals surface area contributed by atoms with Gasteiger partial charge in [0, 0.05) is 16.7 Å². The summed E-state index contributed by atoms with van der Waals surface area (Å²) in [6.45, 7) is 1.61. The number of halogens is 1. The number of rotatable bonds is 4. The van der Waals surface area contributed by atoms with Gasteiger partial charge in [0.25, 0.3) is 5.88 Å². The van der Waals surface area contributed by atoms with Crippen molar-refractivity contribution in [1.29, 1.82) is 0 Å². The first-order valence-corrected chi connectivity index (χ1v) is 6.49. The highest BCUT2D eigenvalue weighted by Gasteiger charge is 2.18. The number of benzene rings is 1. The Morgan fingerprint density at radius 3 is 2.71 bits per heavy atom. The van der Waals surface area contributed by atoms with E-state index in [1.807, 2.05) is 0 Å². The predicted octanol–water partition coefficient (Wildman–Crippen LogP) is 3.55. The topological polar surface area (TPSA) is 103 Å². The Morgan fingerprint density at radius 2 is 2.14 bits per heavy atom. The maximum Gasteiger partial charge on any atom is 0.335 e. The largest absolute Gasteiger partial charge is 0.478 e. The SMILES string of the molecule is Cc1cc(Oc2ncc(Br)cc2[N+](=O)[O-])ccc1C(=O)O. The molecule has 2 rings (SSSR count). The zero-order valence-corrected chi connectivity index (χ0v) is 12.3. The number of hydrogen-bond acceptors (Lipinski definition) is 5. The molecule has 0 spiro atoms. The minimum Gasteiger partial charge on any atom is -0.478 e. The van der Waals surface area contributed by atoms with Crippen molar-refractivity contribution in [1.82, 2.24) is 4.98 Å². The highest BCUT2D eigenvalue weighted by molar-refractivity contribution is 9.10. The first-order valence-electron chi connectivity index (χ1n) is 5.70. The van der Waals surface area contributed by atoms with Gasteiger partial charge in [0.15, 0.2) is 0 Å². The van der Waals surface area contributed by atoms with Crippen LogP contribution in [0.5, 0.6) is 11.6 Å². The first-order chi connectivity index (χ1) is 9.88. The molecular formula is C13H9BrN2O5. The van der Waals surface area contributed by atoms with Gasteiger partial charge < -0.3 is 9.84 Å². The molecule has 1 heterocycles. The van der Waals surface area contributed by atoms with Crippen LogP contribution in [-0.2, 0) is 0 Å². The van der Waals surface area contributed by atoms with E-state index in [0.29, 0.717) is 10.0 Å². The summed E-state index contributed by atoms with van der Waals surface area (Å²) in [4.78, 5) is 25.1. The lowest BCUT2D eigenvalue weighted by atomic mass is 10.1. The highest BCUT2D eigenvalue weighted by Crippen LogP contribution is 2.31. The van der Waals surface area contributed by atoms with Gasteiger partial charge in [-0.2, -0.15) is 0 Å². The second kappa shape index (κ2) is 5.88. The highest BCUT2D eigenvalue weighted by atomic mass is 79.9. The van der Waals surface area contributed by atoms with Crippen molar-refractivity contribution < 1.29 is 19.6 Å². The van der Waals surface area contributed by atoms with E-state index in [1.54, 1.807) is 6.92 Å². The van der Waals surface area contributed by atoms with Crippen molar-refractivity contribution in [3.8, 4) is 11.6 Å². The summed E-state index contributed by atoms with van der Waals surface area (Å²) in [5, 5.41) is 19.9. The molecule has 1 N–H and O–H groups in total. The van der Waals surface area contributed by atoms with Crippen LogP contribution in [0.15, 0.2) is 34.9 Å². The molecule has 21 heavy (non-hydrogen) atoms. The van der Waals surface area contributed by atoms with Crippen LogP contribution in [-0.4, -0.2) is 21.0 Å². The lowest BCUT2D eigenvalue weighted by Gasteiger charge is -2.07. The van der Waals surface area contributed by atoms with Gasteiger partial charge in [-0.3, -0.25) is 10.1 Å². The van der Waals surface area contributed by atoms with E-state index in [9.17, 15) is 14.9 Å². The van der Waals surface area contributed by atoms with Crippen molar-refractivity contribution in [2.24, 2.45) is 0 Å². The average Bonchev–Trinajstić information content (AvgIpc) is 2.40. The van der Waals surface area contributed by atoms with Crippen LogP contribution >= 0.6 is 15.9 Å². The number of hydrogen-bond donors (Lipinski definition) is 1. The van der Waals surface area contributed by atoms with Gasteiger partial charge >= 0.3 is 11.7 Å². The Bertz CT molecular complexity index is 732. The van der Waals surface area contributed by atoms with E-state index in [2.05, 4.69) is 20.9 Å². The second-order valence-corrected chi connectivity index (χ2v) is 5.03. The minimum atomic E-state index is -1.05. The molecule has 0 fully saturated rings. The molecule has 0 bridgehead atoms. The number of carboxylic acid groups (broad SMARTS) is 1. The van der Waals surface area contributed by atoms with E-state index in [-0.39, 0.29) is 22.9 Å². The van der Waals surface area contributed by atoms with Crippen molar-refractivity contribution in [3.63, 3.8) is 0 Å². The number of ether oxygens (including phenoxy) is 1. The Hall–Kier alpha value is -2.48. The predicted molar refractivity (Wildman–Crippen MR) is 76.8 cm³/mol. The maximum absolute atomic E-state index is 11.0. The smallest absolute Gasteiger partial charge is 0.335 e. The maximum atomic E-state index is 11.0. The zero-order chi connectivity index (χ0) is 15.6. The monoisotopic (exact) mass is 352 g/mol. The van der Waals surface area contributed by atoms with Crippen LogP contribution < -0.4 is 4.74 Å². The Kier molecular flexibility index (Phi) is 4.18. The number of carbonyl (C=O) groups is 1. The number of carboxylic acids is 1. The third kappa shape index (κ3) is 3.34. The fraction of sp³-hybridized carbons (Fsp3) is 0.0769. The fourth-order valence-electron chi connectivity index (χ4n) is 1.68. The number of aromatic carboxylic acids is 1. The summed E-state index contributed by atoms with van der Waals surface area (Å²) in [5.74, 6) is -0.937. The van der Waals surface area contributed by atoms with Crippen LogP contribution in [0.1, 0.15) is 15.9 Å². The minimum absolute atomic E-state index is 0.139. The molecule has 1 aromatic carbocycles. The van der Waals surface area contributed by atoms with E-state index >= 15 is 0 Å². The molecule has 1 aromatic heterocycles. The lowest BCUT2D eigenvalue weighted by Crippen LogP contribution is -2.00. The number of pyridine rings is 1. The molecule has 0 aliphatic carbocycles. The van der Waals surface area contributed by atoms with Crippen molar-refractivity contribution in [3.05, 3.63) is 56.2 Å². The molecule has 0 atom stereocenters. The molecule has 7 nitrogen and oxygen atoms in total. The van der Waals surface area contributed by atoms with Crippen LogP contribution in [0.4, 0.5) is 5.69 Å². The molecule has 0 saturated carbocycles. The zero-order valence-electron chi connectivity index (χ0n) is 10.7. The van der Waals surface area contributed by atoms with Crippen LogP contribution in [0.3, 0.4) is 0 Å². The summed E-state index contributed by atoms with van der Waals surface area (Å²) in [6.07, 6.45) is 1.38. The number of aromatic nitrogens is 1. The van der Waals surface area contributed by atoms with E-state index in [1.165, 1.54) is 30.5 Å². The Balaban J connectivity index is 2.37. The molecule has 0 radical (unpaired) electrons. The molecule has 0 unspecified atom stereocenters. The summed E-state index contributed by atoms with van der Waals surface area (Å²) in [6, 6.07) is 5.55. The van der Waals surface area contributed by atoms with Gasteiger partial charge in [-0.25, -0.2) is 9.78 Å². The molecule has 108 valence electrons. The molecule has 8 heteroatoms. The number of aryl methyl sites for hydroxylation is 1. The fourth-order valence-corrected chi connectivity index (χ4v) is 2.00. The lowest BCUT2D eigenvalue weighted by molar-refractivity contribution is -0.386. The van der Waals surface area contributed by atoms with Crippen LogP contribution in [0.25, 0.3) is 0 Å². The molecule has 2 aromatic rings. The average molecular weight is 353 g/mol. The van der Waals surface area contributed by atoms with Gasteiger partial charge in [-0.15, -0.1) is 0 Å². The summed E-state index contributed by atoms with van der Waals surface area (Å²) >= 11 is 3.10. The summed E-state index contributed by atoms with van der Waals surface area (Å²) in [7, 11) is 0. The third-order valence-corrected chi connectivity index (χ3v) is 3.07. The molecule has 0 aliphatic heterocycles. The standard InChI is InChI=1S/C13H9BrN2O5/c1-7-4-9(2-3-10(7)13(17)18)21-12-11(16(19)20)5-8(14)6-15-12/h2-6H,1H3,(H,17,18). The van der Waals surface area contributed by atoms with E-state index in [0.717, 1.165) is 0 Å². The number of nitrogens with zero attached hydrogens (tertiary/aromatic N) is 2. The molecular weight excluding hydrogens is 344 g/mol. The number of nitro groups is 1. The van der Waals surface area contributed by atoms with Crippen LogP contribution in [0, 0.1) is 17.0 Å². The molecule has 0 aliphatic rings. The van der Waals surface area contributed by atoms with Gasteiger partial charge in [-0.1, -0.05) is 0 Å². The van der Waals surface area contributed by atoms with E-state index in [4.69, 9.17) is 9.84 Å². The quantitative estimate of drug-likeness (QED) is 0.666. The molecule has 0 saturated heterocycles. The van der Waals surface area contributed by atoms with Gasteiger partial charge in [0.1, 0.15) is 5.75 Å². The second-order valence-electron chi connectivity index (χ2n) is 4.12. The van der Waals surface area contributed by atoms with Crippen molar-refractivity contribution in [2.75, 3.05) is 0 Å². The Labute approximate surface area is 127 Å². The summed E-state index contributed by atoms with van der Waals surface area (Å²) < 4.78 is 5.83. The van der Waals surface area contributed by atoms with Gasteiger partial charge in [-0.05, 0) is 46.6 Å². The van der Waals surface area contributed by atoms with Gasteiger partial charge in [0.05, 0.1) is 10.5 Å². The third-order valence-electron chi connectivity index (χ3n) is 2.64. The van der Waals surface area contributed by atoms with E-state index < -0.39 is 10.9 Å². The Morgan fingerprint density at radius 1 is 1.43 bits per heavy atom. The first kappa shape index (κ1) is 14.9. The molecule has 0 amide bonds. The summed E-state index contributed by atoms with van der Waals surface area (Å²) in [5.41, 5.74) is 0.338.